The molecular weight excluding hydrogens is 434 g/mol. The summed E-state index contributed by atoms with van der Waals surface area (Å²) in [5, 5.41) is 35.5. The van der Waals surface area contributed by atoms with E-state index in [2.05, 4.69) is 4.98 Å². The van der Waals surface area contributed by atoms with Crippen LogP contribution >= 0.6 is 0 Å². The fourth-order valence-corrected chi connectivity index (χ4v) is 2.41. The van der Waals surface area contributed by atoms with Crippen LogP contribution in [0.3, 0.4) is 0 Å². The van der Waals surface area contributed by atoms with Gasteiger partial charge in [-0.05, 0) is 30.3 Å². The Labute approximate surface area is 179 Å². The molecule has 2 aromatic carbocycles. The second-order valence-electron chi connectivity index (χ2n) is 5.91. The number of carboxylic acids is 1. The van der Waals surface area contributed by atoms with Gasteiger partial charge in [0.15, 0.2) is 11.5 Å². The van der Waals surface area contributed by atoms with Gasteiger partial charge in [-0.15, -0.1) is 0 Å². The van der Waals surface area contributed by atoms with Gasteiger partial charge in [-0.1, -0.05) is 25.6 Å². The molecule has 0 spiro atoms. The van der Waals surface area contributed by atoms with Crippen LogP contribution in [0.25, 0.3) is 22.4 Å². The summed E-state index contributed by atoms with van der Waals surface area (Å²) in [5.74, 6) is -3.87. The Morgan fingerprint density at radius 3 is 2.12 bits per heavy atom. The standard InChI is InChI=1S/C18H12FN3O2.C2HF3O2.CH4/c19-14-4-2-1-3-11(14)12-8-15(22-18(21)13(12)9-20)10-5-6-16(23)17(24)7-10;3-2(4,5)1(6)7;/h1-8,23-24H,(H2,21,22);(H,6,7);1H4. The molecule has 1 heterocycles. The van der Waals surface area contributed by atoms with Gasteiger partial charge < -0.3 is 21.1 Å². The number of halogens is 4. The van der Waals surface area contributed by atoms with Crippen LogP contribution in [0.2, 0.25) is 0 Å². The lowest BCUT2D eigenvalue weighted by Gasteiger charge is -2.11. The Kier molecular flexibility index (Phi) is 8.13. The number of nitrogen functional groups attached to an aromatic ring is 1. The van der Waals surface area contributed by atoms with Crippen LogP contribution < -0.4 is 5.73 Å². The fourth-order valence-electron chi connectivity index (χ4n) is 2.41. The van der Waals surface area contributed by atoms with Gasteiger partial charge in [-0.25, -0.2) is 14.2 Å². The highest BCUT2D eigenvalue weighted by Gasteiger charge is 2.38. The zero-order valence-electron chi connectivity index (χ0n) is 15.4. The molecule has 0 aliphatic heterocycles. The van der Waals surface area contributed by atoms with Crippen molar-refractivity contribution in [3.8, 4) is 40.0 Å². The minimum Gasteiger partial charge on any atom is -0.504 e. The first kappa shape index (κ1) is 25.7. The summed E-state index contributed by atoms with van der Waals surface area (Å²) >= 11 is 0. The van der Waals surface area contributed by atoms with E-state index in [0.29, 0.717) is 16.8 Å². The molecule has 3 aromatic rings. The number of anilines is 1. The Morgan fingerprint density at radius 1 is 1.03 bits per heavy atom. The average Bonchev–Trinajstić information content (AvgIpc) is 2.69. The van der Waals surface area contributed by atoms with Crippen molar-refractivity contribution >= 4 is 11.8 Å². The van der Waals surface area contributed by atoms with Crippen molar-refractivity contribution < 1.29 is 37.7 Å². The predicted molar refractivity (Wildman–Crippen MR) is 108 cm³/mol. The number of phenols is 2. The highest BCUT2D eigenvalue weighted by atomic mass is 19.4. The number of carbonyl (C=O) groups is 1. The molecule has 32 heavy (non-hydrogen) atoms. The number of nitrogens with two attached hydrogens (primary N) is 1. The molecule has 1 aromatic heterocycles. The number of pyridine rings is 1. The first-order chi connectivity index (χ1) is 14.5. The molecule has 0 fully saturated rings. The minimum absolute atomic E-state index is 0. The minimum atomic E-state index is -5.08. The van der Waals surface area contributed by atoms with E-state index in [9.17, 15) is 33.0 Å². The largest absolute Gasteiger partial charge is 0.504 e. The number of aliphatic carboxylic acids is 1. The summed E-state index contributed by atoms with van der Waals surface area (Å²) in [5.41, 5.74) is 7.29. The molecule has 3 rings (SSSR count). The maximum atomic E-state index is 14.1. The van der Waals surface area contributed by atoms with Crippen LogP contribution in [0.1, 0.15) is 13.0 Å². The van der Waals surface area contributed by atoms with Crippen molar-refractivity contribution in [2.75, 3.05) is 5.73 Å². The molecule has 0 aliphatic rings. The summed E-state index contributed by atoms with van der Waals surface area (Å²) < 4.78 is 45.9. The lowest BCUT2D eigenvalue weighted by atomic mass is 9.98. The van der Waals surface area contributed by atoms with E-state index in [1.165, 1.54) is 30.3 Å². The topological polar surface area (TPSA) is 140 Å². The quantitative estimate of drug-likeness (QED) is 0.327. The van der Waals surface area contributed by atoms with E-state index in [1.807, 2.05) is 6.07 Å². The predicted octanol–water partition coefficient (Wildman–Crippen LogP) is 4.69. The van der Waals surface area contributed by atoms with Gasteiger partial charge >= 0.3 is 12.1 Å². The van der Waals surface area contributed by atoms with E-state index in [4.69, 9.17) is 15.6 Å². The number of aromatic hydroxyl groups is 2. The van der Waals surface area contributed by atoms with Crippen LogP contribution in [0.15, 0.2) is 48.5 Å². The smallest absolute Gasteiger partial charge is 0.490 e. The van der Waals surface area contributed by atoms with Crippen molar-refractivity contribution in [2.45, 2.75) is 13.6 Å². The molecule has 7 nitrogen and oxygen atoms in total. The molecule has 0 saturated carbocycles. The van der Waals surface area contributed by atoms with Crippen LogP contribution in [0.4, 0.5) is 23.4 Å². The monoisotopic (exact) mass is 451 g/mol. The zero-order chi connectivity index (χ0) is 23.3. The van der Waals surface area contributed by atoms with Gasteiger partial charge in [-0.3, -0.25) is 0 Å². The molecule has 0 radical (unpaired) electrons. The summed E-state index contributed by atoms with van der Waals surface area (Å²) in [6, 6.07) is 13.7. The van der Waals surface area contributed by atoms with Gasteiger partial charge in [0.05, 0.1) is 5.69 Å². The molecule has 0 unspecified atom stereocenters. The van der Waals surface area contributed by atoms with Crippen molar-refractivity contribution in [3.63, 3.8) is 0 Å². The Balaban J connectivity index is 0.000000558. The van der Waals surface area contributed by atoms with Crippen molar-refractivity contribution in [2.24, 2.45) is 0 Å². The summed E-state index contributed by atoms with van der Waals surface area (Å²) in [6.07, 6.45) is -5.08. The van der Waals surface area contributed by atoms with Gasteiger partial charge in [0.2, 0.25) is 0 Å². The maximum absolute atomic E-state index is 14.1. The first-order valence-corrected chi connectivity index (χ1v) is 8.23. The number of aromatic nitrogens is 1. The molecule has 11 heteroatoms. The molecule has 168 valence electrons. The van der Waals surface area contributed by atoms with E-state index in [0.717, 1.165) is 0 Å². The first-order valence-electron chi connectivity index (χ1n) is 8.23. The second-order valence-corrected chi connectivity index (χ2v) is 5.91. The Morgan fingerprint density at radius 2 is 1.62 bits per heavy atom. The normalized spacial score (nSPS) is 10.2. The number of rotatable bonds is 2. The molecular formula is C21H17F4N3O4. The zero-order valence-corrected chi connectivity index (χ0v) is 15.4. The average molecular weight is 451 g/mol. The summed E-state index contributed by atoms with van der Waals surface area (Å²) in [7, 11) is 0. The SMILES string of the molecule is C.N#Cc1c(-c2ccccc2F)cc(-c2ccc(O)c(O)c2)nc1N.O=C(O)C(F)(F)F. The van der Waals surface area contributed by atoms with Crippen LogP contribution in [-0.4, -0.2) is 32.4 Å². The fraction of sp³-hybridized carbons (Fsp3) is 0.0952. The van der Waals surface area contributed by atoms with Crippen LogP contribution in [0, 0.1) is 17.1 Å². The Hall–Kier alpha value is -4.33. The third-order valence-electron chi connectivity index (χ3n) is 3.84. The van der Waals surface area contributed by atoms with Crippen molar-refractivity contribution in [1.82, 2.24) is 4.98 Å². The molecule has 0 atom stereocenters. The van der Waals surface area contributed by atoms with Crippen molar-refractivity contribution in [1.29, 1.82) is 5.26 Å². The number of carboxylic acid groups (broad SMARTS) is 1. The van der Waals surface area contributed by atoms with E-state index < -0.39 is 18.0 Å². The number of nitriles is 1. The van der Waals surface area contributed by atoms with E-state index >= 15 is 0 Å². The van der Waals surface area contributed by atoms with Gasteiger partial charge in [0, 0.05) is 16.7 Å². The van der Waals surface area contributed by atoms with Crippen molar-refractivity contribution in [3.05, 3.63) is 59.9 Å². The molecule has 0 bridgehead atoms. The highest BCUT2D eigenvalue weighted by Crippen LogP contribution is 2.35. The van der Waals surface area contributed by atoms with E-state index in [1.54, 1.807) is 18.2 Å². The number of phenolic OH excluding ortho intramolecular Hbond substituents is 2. The molecule has 0 amide bonds. The highest BCUT2D eigenvalue weighted by molar-refractivity contribution is 5.80. The lowest BCUT2D eigenvalue weighted by molar-refractivity contribution is -0.192. The number of nitrogens with zero attached hydrogens (tertiary/aromatic N) is 2. The van der Waals surface area contributed by atoms with Gasteiger partial charge in [0.1, 0.15) is 23.3 Å². The van der Waals surface area contributed by atoms with Crippen LogP contribution in [0.5, 0.6) is 11.5 Å². The summed E-state index contributed by atoms with van der Waals surface area (Å²) in [4.78, 5) is 13.0. The molecule has 0 saturated heterocycles. The van der Waals surface area contributed by atoms with Gasteiger partial charge in [-0.2, -0.15) is 18.4 Å². The molecule has 5 N–H and O–H groups in total. The third kappa shape index (κ3) is 5.85. The number of hydrogen-bond donors (Lipinski definition) is 4. The Bertz CT molecular complexity index is 1170. The number of benzene rings is 2. The summed E-state index contributed by atoms with van der Waals surface area (Å²) in [6.45, 7) is 0. The lowest BCUT2D eigenvalue weighted by Crippen LogP contribution is -2.21. The van der Waals surface area contributed by atoms with Crippen LogP contribution in [-0.2, 0) is 4.79 Å². The van der Waals surface area contributed by atoms with E-state index in [-0.39, 0.29) is 35.9 Å². The maximum Gasteiger partial charge on any atom is 0.490 e. The molecule has 0 aliphatic carbocycles. The second kappa shape index (κ2) is 10.1. The third-order valence-corrected chi connectivity index (χ3v) is 3.84. The number of alkyl halides is 3. The van der Waals surface area contributed by atoms with Gasteiger partial charge in [0.25, 0.3) is 0 Å². The number of hydrogen-bond acceptors (Lipinski definition) is 6.